The topological polar surface area (TPSA) is 71.1 Å². The van der Waals surface area contributed by atoms with Crippen LogP contribution in [0.25, 0.3) is 6.08 Å². The number of carbonyl (C=O) groups is 2. The highest BCUT2D eigenvalue weighted by Gasteiger charge is 2.28. The molecule has 150 valence electrons. The monoisotopic (exact) mass is 402 g/mol. The first-order chi connectivity index (χ1) is 14.6. The largest absolute Gasteiger partial charge is 0.497 e. The van der Waals surface area contributed by atoms with Gasteiger partial charge in [-0.1, -0.05) is 12.1 Å². The summed E-state index contributed by atoms with van der Waals surface area (Å²) in [5.41, 5.74) is 1.60. The minimum absolute atomic E-state index is 0.203. The number of methoxy groups -OCH3 is 2. The molecule has 6 nitrogen and oxygen atoms in total. The summed E-state index contributed by atoms with van der Waals surface area (Å²) in [6, 6.07) is 18.5. The van der Waals surface area contributed by atoms with E-state index < -0.39 is 5.97 Å². The van der Waals surface area contributed by atoms with Gasteiger partial charge in [0.25, 0.3) is 0 Å². The van der Waals surface area contributed by atoms with Gasteiger partial charge >= 0.3 is 5.97 Å². The highest BCUT2D eigenvalue weighted by molar-refractivity contribution is 6.14. The van der Waals surface area contributed by atoms with E-state index in [0.717, 1.165) is 11.3 Å². The molecule has 1 aliphatic heterocycles. The van der Waals surface area contributed by atoms with E-state index in [-0.39, 0.29) is 17.3 Å². The third-order valence-corrected chi connectivity index (χ3v) is 4.59. The van der Waals surface area contributed by atoms with Crippen molar-refractivity contribution in [3.05, 3.63) is 89.2 Å². The lowest BCUT2D eigenvalue weighted by molar-refractivity contribution is 0.0734. The number of hydrogen-bond acceptors (Lipinski definition) is 6. The van der Waals surface area contributed by atoms with Gasteiger partial charge < -0.3 is 18.9 Å². The zero-order chi connectivity index (χ0) is 21.1. The molecule has 6 heteroatoms. The Balaban J connectivity index is 1.51. The Kier molecular flexibility index (Phi) is 5.22. The molecule has 3 aromatic rings. The third kappa shape index (κ3) is 3.89. The van der Waals surface area contributed by atoms with Crippen molar-refractivity contribution in [2.45, 2.75) is 0 Å². The average Bonchev–Trinajstić information content (AvgIpc) is 3.08. The van der Waals surface area contributed by atoms with Crippen molar-refractivity contribution in [3.63, 3.8) is 0 Å². The Labute approximate surface area is 173 Å². The van der Waals surface area contributed by atoms with Gasteiger partial charge in [0, 0.05) is 6.07 Å². The van der Waals surface area contributed by atoms with E-state index in [1.807, 2.05) is 12.1 Å². The number of fused-ring (bicyclic) bond motifs is 1. The predicted octanol–water partition coefficient (Wildman–Crippen LogP) is 4.54. The van der Waals surface area contributed by atoms with Crippen LogP contribution in [0, 0.1) is 0 Å². The Morgan fingerprint density at radius 3 is 2.07 bits per heavy atom. The van der Waals surface area contributed by atoms with Crippen LogP contribution in [0.3, 0.4) is 0 Å². The minimum Gasteiger partial charge on any atom is -0.497 e. The standard InChI is InChI=1S/C24H18O6/c1-27-17-7-3-15(4-8-17)13-22-23(25)20-12-11-19(14-21(20)30-22)29-24(26)16-5-9-18(28-2)10-6-16/h3-14H,1-2H3. The van der Waals surface area contributed by atoms with Gasteiger partial charge in [-0.15, -0.1) is 0 Å². The predicted molar refractivity (Wildman–Crippen MR) is 110 cm³/mol. The summed E-state index contributed by atoms with van der Waals surface area (Å²) in [7, 11) is 3.14. The SMILES string of the molecule is COc1ccc(C=C2Oc3cc(OC(=O)c4ccc(OC)cc4)ccc3C2=O)cc1. The number of rotatable bonds is 5. The molecule has 1 heterocycles. The van der Waals surface area contributed by atoms with Crippen LogP contribution < -0.4 is 18.9 Å². The Bertz CT molecular complexity index is 1130. The summed E-state index contributed by atoms with van der Waals surface area (Å²) in [5.74, 6) is 1.46. The number of carbonyl (C=O) groups excluding carboxylic acids is 2. The highest BCUT2D eigenvalue weighted by Crippen LogP contribution is 2.35. The molecule has 3 aromatic carbocycles. The van der Waals surface area contributed by atoms with Crippen LogP contribution in [-0.4, -0.2) is 26.0 Å². The normalized spacial score (nSPS) is 13.5. The number of hydrogen-bond donors (Lipinski definition) is 0. The summed E-state index contributed by atoms with van der Waals surface area (Å²) in [5, 5.41) is 0. The first-order valence-electron chi connectivity index (χ1n) is 9.16. The van der Waals surface area contributed by atoms with Crippen LogP contribution in [0.2, 0.25) is 0 Å². The first-order valence-corrected chi connectivity index (χ1v) is 9.16. The van der Waals surface area contributed by atoms with E-state index in [1.54, 1.807) is 68.8 Å². The second-order valence-corrected chi connectivity index (χ2v) is 6.49. The molecular formula is C24H18O6. The summed E-state index contributed by atoms with van der Waals surface area (Å²) < 4.78 is 21.3. The lowest BCUT2D eigenvalue weighted by Gasteiger charge is -2.06. The number of ketones is 1. The van der Waals surface area contributed by atoms with E-state index in [0.29, 0.717) is 22.6 Å². The summed E-state index contributed by atoms with van der Waals surface area (Å²) in [4.78, 5) is 24.9. The molecule has 0 amide bonds. The van der Waals surface area contributed by atoms with Gasteiger partial charge in [-0.2, -0.15) is 0 Å². The van der Waals surface area contributed by atoms with E-state index in [1.165, 1.54) is 6.07 Å². The first kappa shape index (κ1) is 19.3. The van der Waals surface area contributed by atoms with E-state index in [9.17, 15) is 9.59 Å². The van der Waals surface area contributed by atoms with Gasteiger partial charge in [-0.05, 0) is 60.2 Å². The van der Waals surface area contributed by atoms with Gasteiger partial charge in [0.15, 0.2) is 5.76 Å². The van der Waals surface area contributed by atoms with Gasteiger partial charge in [-0.3, -0.25) is 4.79 Å². The molecular weight excluding hydrogens is 384 g/mol. The second kappa shape index (κ2) is 8.13. The van der Waals surface area contributed by atoms with Crippen molar-refractivity contribution in [2.75, 3.05) is 14.2 Å². The van der Waals surface area contributed by atoms with Crippen LogP contribution in [0.4, 0.5) is 0 Å². The second-order valence-electron chi connectivity index (χ2n) is 6.49. The molecule has 0 saturated heterocycles. The third-order valence-electron chi connectivity index (χ3n) is 4.59. The molecule has 0 fully saturated rings. The van der Waals surface area contributed by atoms with E-state index in [2.05, 4.69) is 0 Å². The number of allylic oxidation sites excluding steroid dienone is 1. The van der Waals surface area contributed by atoms with Crippen molar-refractivity contribution < 1.29 is 28.5 Å². The maximum atomic E-state index is 12.6. The summed E-state index contributed by atoms with van der Waals surface area (Å²) >= 11 is 0. The lowest BCUT2D eigenvalue weighted by atomic mass is 10.1. The van der Waals surface area contributed by atoms with Gasteiger partial charge in [-0.25, -0.2) is 4.79 Å². The number of esters is 1. The van der Waals surface area contributed by atoms with E-state index in [4.69, 9.17) is 18.9 Å². The van der Waals surface area contributed by atoms with Crippen molar-refractivity contribution >= 4 is 17.8 Å². The Morgan fingerprint density at radius 2 is 1.43 bits per heavy atom. The van der Waals surface area contributed by atoms with Gasteiger partial charge in [0.05, 0.1) is 25.3 Å². The molecule has 0 N–H and O–H groups in total. The fourth-order valence-electron chi connectivity index (χ4n) is 2.98. The Hall–Kier alpha value is -4.06. The van der Waals surface area contributed by atoms with Crippen molar-refractivity contribution in [2.24, 2.45) is 0 Å². The van der Waals surface area contributed by atoms with Crippen LogP contribution in [0.15, 0.2) is 72.5 Å². The summed E-state index contributed by atoms with van der Waals surface area (Å²) in [6.45, 7) is 0. The molecule has 0 bridgehead atoms. The number of benzene rings is 3. The van der Waals surface area contributed by atoms with Crippen molar-refractivity contribution in [1.82, 2.24) is 0 Å². The van der Waals surface area contributed by atoms with Crippen molar-refractivity contribution in [3.8, 4) is 23.0 Å². The molecule has 30 heavy (non-hydrogen) atoms. The molecule has 0 atom stereocenters. The molecule has 0 spiro atoms. The van der Waals surface area contributed by atoms with Crippen LogP contribution in [0.1, 0.15) is 26.3 Å². The molecule has 0 aliphatic carbocycles. The van der Waals surface area contributed by atoms with Crippen LogP contribution >= 0.6 is 0 Å². The van der Waals surface area contributed by atoms with Crippen LogP contribution in [-0.2, 0) is 0 Å². The quantitative estimate of drug-likeness (QED) is 0.355. The molecule has 4 rings (SSSR count). The number of Topliss-reactive ketones (excluding diaryl/α,β-unsaturated/α-hetero) is 1. The van der Waals surface area contributed by atoms with E-state index >= 15 is 0 Å². The molecule has 0 unspecified atom stereocenters. The zero-order valence-electron chi connectivity index (χ0n) is 16.4. The van der Waals surface area contributed by atoms with Gasteiger partial charge in [0.2, 0.25) is 5.78 Å². The smallest absolute Gasteiger partial charge is 0.343 e. The molecule has 0 saturated carbocycles. The molecule has 1 aliphatic rings. The summed E-state index contributed by atoms with van der Waals surface area (Å²) in [6.07, 6.45) is 1.66. The maximum absolute atomic E-state index is 12.6. The van der Waals surface area contributed by atoms with Gasteiger partial charge in [0.1, 0.15) is 23.0 Å². The highest BCUT2D eigenvalue weighted by atomic mass is 16.5. The van der Waals surface area contributed by atoms with Crippen molar-refractivity contribution in [1.29, 1.82) is 0 Å². The fourth-order valence-corrected chi connectivity index (χ4v) is 2.98. The molecule has 0 radical (unpaired) electrons. The molecule has 0 aromatic heterocycles. The van der Waals surface area contributed by atoms with Crippen LogP contribution in [0.5, 0.6) is 23.0 Å². The fraction of sp³-hybridized carbons (Fsp3) is 0.0833. The lowest BCUT2D eigenvalue weighted by Crippen LogP contribution is -2.08. The minimum atomic E-state index is -0.518. The average molecular weight is 402 g/mol. The maximum Gasteiger partial charge on any atom is 0.343 e. The zero-order valence-corrected chi connectivity index (χ0v) is 16.4. The Morgan fingerprint density at radius 1 is 0.833 bits per heavy atom. The number of ether oxygens (including phenoxy) is 4.